The van der Waals surface area contributed by atoms with Gasteiger partial charge in [-0.1, -0.05) is 12.6 Å². The second-order valence-electron chi connectivity index (χ2n) is 5.41. The maximum Gasteiger partial charge on any atom is 0.573 e. The van der Waals surface area contributed by atoms with E-state index in [2.05, 4.69) is 11.3 Å². The highest BCUT2D eigenvalue weighted by atomic mass is 19.4. The first-order chi connectivity index (χ1) is 11.2. The Hall–Kier alpha value is -2.51. The molecule has 0 bridgehead atoms. The van der Waals surface area contributed by atoms with Crippen LogP contribution in [-0.2, 0) is 4.79 Å². The summed E-state index contributed by atoms with van der Waals surface area (Å²) in [5.74, 6) is -1.06. The zero-order valence-corrected chi connectivity index (χ0v) is 13.0. The smallest absolute Gasteiger partial charge is 0.406 e. The lowest BCUT2D eigenvalue weighted by Crippen LogP contribution is -2.55. The molecule has 0 aliphatic carbocycles. The van der Waals surface area contributed by atoms with Crippen molar-refractivity contribution in [2.45, 2.75) is 19.3 Å². The average molecular weight is 342 g/mol. The molecule has 0 spiro atoms. The van der Waals surface area contributed by atoms with E-state index in [-0.39, 0.29) is 17.5 Å². The van der Waals surface area contributed by atoms with Gasteiger partial charge in [-0.3, -0.25) is 9.59 Å². The third-order valence-electron chi connectivity index (χ3n) is 3.69. The van der Waals surface area contributed by atoms with Crippen LogP contribution in [0.5, 0.6) is 5.75 Å². The number of carbonyl (C=O) groups excluding carboxylic acids is 2. The van der Waals surface area contributed by atoms with Crippen molar-refractivity contribution in [3.8, 4) is 5.75 Å². The highest BCUT2D eigenvalue weighted by molar-refractivity contribution is 5.95. The number of hydrogen-bond donors (Lipinski definition) is 0. The van der Waals surface area contributed by atoms with Crippen molar-refractivity contribution in [3.05, 3.63) is 42.5 Å². The number of ether oxygens (including phenoxy) is 1. The van der Waals surface area contributed by atoms with E-state index in [0.29, 0.717) is 19.6 Å². The number of alkyl halides is 3. The lowest BCUT2D eigenvalue weighted by Gasteiger charge is -2.39. The van der Waals surface area contributed by atoms with E-state index < -0.39 is 18.0 Å². The van der Waals surface area contributed by atoms with Crippen LogP contribution in [0.4, 0.5) is 13.2 Å². The average Bonchev–Trinajstić information content (AvgIpc) is 2.52. The van der Waals surface area contributed by atoms with E-state index in [1.165, 1.54) is 23.1 Å². The monoisotopic (exact) mass is 342 g/mol. The molecule has 1 aromatic carbocycles. The van der Waals surface area contributed by atoms with Crippen molar-refractivity contribution >= 4 is 11.8 Å². The topological polar surface area (TPSA) is 49.9 Å². The number of piperazine rings is 1. The molecule has 1 heterocycles. The van der Waals surface area contributed by atoms with Gasteiger partial charge in [-0.15, -0.1) is 13.2 Å². The van der Waals surface area contributed by atoms with Crippen LogP contribution < -0.4 is 4.74 Å². The first kappa shape index (κ1) is 17.8. The third-order valence-corrected chi connectivity index (χ3v) is 3.69. The highest BCUT2D eigenvalue weighted by Crippen LogP contribution is 2.24. The molecule has 0 N–H and O–H groups in total. The van der Waals surface area contributed by atoms with Crippen molar-refractivity contribution in [1.29, 1.82) is 0 Å². The van der Waals surface area contributed by atoms with Crippen LogP contribution in [0.1, 0.15) is 17.3 Å². The number of hydrogen-bond acceptors (Lipinski definition) is 3. The summed E-state index contributed by atoms with van der Waals surface area (Å²) in [5, 5.41) is 0. The molecule has 1 aliphatic heterocycles. The standard InChI is InChI=1S/C16H17F3N2O3/c1-3-14(22)20-7-8-21(11(2)10-20)15(23)12-5-4-6-13(9-12)24-16(17,18)19/h3-6,9,11H,1,7-8,10H2,2H3/t11-/m0/s1. The molecular formula is C16H17F3N2O3. The van der Waals surface area contributed by atoms with Gasteiger partial charge >= 0.3 is 6.36 Å². The fraction of sp³-hybridized carbons (Fsp3) is 0.375. The van der Waals surface area contributed by atoms with Gasteiger partial charge in [0.1, 0.15) is 5.75 Å². The Morgan fingerprint density at radius 1 is 1.33 bits per heavy atom. The van der Waals surface area contributed by atoms with Gasteiger partial charge in [0.05, 0.1) is 0 Å². The van der Waals surface area contributed by atoms with Crippen molar-refractivity contribution in [2.75, 3.05) is 19.6 Å². The second kappa shape index (κ2) is 6.94. The molecule has 2 rings (SSSR count). The van der Waals surface area contributed by atoms with E-state index >= 15 is 0 Å². The van der Waals surface area contributed by atoms with E-state index in [1.54, 1.807) is 11.8 Å². The van der Waals surface area contributed by atoms with Crippen LogP contribution >= 0.6 is 0 Å². The van der Waals surface area contributed by atoms with Crippen LogP contribution in [0.25, 0.3) is 0 Å². The molecule has 2 amide bonds. The molecule has 1 atom stereocenters. The molecule has 0 saturated carbocycles. The van der Waals surface area contributed by atoms with E-state index in [4.69, 9.17) is 0 Å². The van der Waals surface area contributed by atoms with Crippen LogP contribution in [0.15, 0.2) is 36.9 Å². The Bertz CT molecular complexity index is 646. The Balaban J connectivity index is 2.11. The summed E-state index contributed by atoms with van der Waals surface area (Å²) in [6.07, 6.45) is -3.60. The molecule has 1 fully saturated rings. The zero-order chi connectivity index (χ0) is 17.9. The number of halogens is 3. The van der Waals surface area contributed by atoms with Gasteiger partial charge in [0.25, 0.3) is 5.91 Å². The molecular weight excluding hydrogens is 325 g/mol. The van der Waals surface area contributed by atoms with Crippen LogP contribution in [-0.4, -0.2) is 53.7 Å². The molecule has 8 heteroatoms. The summed E-state index contributed by atoms with van der Waals surface area (Å²) >= 11 is 0. The normalized spacial score (nSPS) is 18.2. The lowest BCUT2D eigenvalue weighted by atomic mass is 10.1. The predicted octanol–water partition coefficient (Wildman–Crippen LogP) is 2.44. The summed E-state index contributed by atoms with van der Waals surface area (Å²) in [4.78, 5) is 27.3. The van der Waals surface area contributed by atoms with Crippen molar-refractivity contribution in [2.24, 2.45) is 0 Å². The molecule has 5 nitrogen and oxygen atoms in total. The molecule has 1 saturated heterocycles. The van der Waals surface area contributed by atoms with Crippen LogP contribution in [0.3, 0.4) is 0 Å². The third kappa shape index (κ3) is 4.27. The molecule has 0 aromatic heterocycles. The first-order valence-electron chi connectivity index (χ1n) is 7.29. The highest BCUT2D eigenvalue weighted by Gasteiger charge is 2.32. The van der Waals surface area contributed by atoms with E-state index in [9.17, 15) is 22.8 Å². The van der Waals surface area contributed by atoms with Gasteiger partial charge in [0, 0.05) is 31.2 Å². The van der Waals surface area contributed by atoms with Crippen LogP contribution in [0, 0.1) is 0 Å². The Kier molecular flexibility index (Phi) is 5.16. The van der Waals surface area contributed by atoms with Gasteiger partial charge < -0.3 is 14.5 Å². The van der Waals surface area contributed by atoms with Gasteiger partial charge in [-0.25, -0.2) is 0 Å². The number of nitrogens with zero attached hydrogens (tertiary/aromatic N) is 2. The minimum atomic E-state index is -4.81. The summed E-state index contributed by atoms with van der Waals surface area (Å²) in [7, 11) is 0. The summed E-state index contributed by atoms with van der Waals surface area (Å²) in [6, 6.07) is 4.69. The lowest BCUT2D eigenvalue weighted by molar-refractivity contribution is -0.274. The molecule has 1 aliphatic rings. The number of carbonyl (C=O) groups is 2. The number of rotatable bonds is 3. The zero-order valence-electron chi connectivity index (χ0n) is 13.0. The van der Waals surface area contributed by atoms with Crippen molar-refractivity contribution in [3.63, 3.8) is 0 Å². The minimum Gasteiger partial charge on any atom is -0.406 e. The molecule has 24 heavy (non-hydrogen) atoms. The fourth-order valence-corrected chi connectivity index (χ4v) is 2.58. The van der Waals surface area contributed by atoms with E-state index in [0.717, 1.165) is 12.1 Å². The molecule has 130 valence electrons. The quantitative estimate of drug-likeness (QED) is 0.793. The van der Waals surface area contributed by atoms with Gasteiger partial charge in [-0.05, 0) is 31.2 Å². The second-order valence-corrected chi connectivity index (χ2v) is 5.41. The minimum absolute atomic E-state index is 0.104. The molecule has 0 unspecified atom stereocenters. The first-order valence-corrected chi connectivity index (χ1v) is 7.29. The summed E-state index contributed by atoms with van der Waals surface area (Å²) < 4.78 is 40.7. The van der Waals surface area contributed by atoms with Gasteiger partial charge in [0.2, 0.25) is 5.91 Å². The largest absolute Gasteiger partial charge is 0.573 e. The van der Waals surface area contributed by atoms with Gasteiger partial charge in [0.15, 0.2) is 0 Å². The maximum atomic E-state index is 12.5. The Morgan fingerprint density at radius 2 is 2.04 bits per heavy atom. The van der Waals surface area contributed by atoms with Crippen LogP contribution in [0.2, 0.25) is 0 Å². The Labute approximate surface area is 137 Å². The molecule has 1 aromatic rings. The number of benzene rings is 1. The fourth-order valence-electron chi connectivity index (χ4n) is 2.58. The predicted molar refractivity (Wildman–Crippen MR) is 80.4 cm³/mol. The van der Waals surface area contributed by atoms with Gasteiger partial charge in [-0.2, -0.15) is 0 Å². The molecule has 0 radical (unpaired) electrons. The summed E-state index contributed by atoms with van der Waals surface area (Å²) in [5.41, 5.74) is 0.104. The van der Waals surface area contributed by atoms with E-state index in [1.807, 2.05) is 0 Å². The van der Waals surface area contributed by atoms with Crippen molar-refractivity contribution < 1.29 is 27.5 Å². The SMILES string of the molecule is C=CC(=O)N1CCN(C(=O)c2cccc(OC(F)(F)F)c2)[C@@H](C)C1. The summed E-state index contributed by atoms with van der Waals surface area (Å²) in [6.45, 7) is 6.18. The Morgan fingerprint density at radius 3 is 2.62 bits per heavy atom. The maximum absolute atomic E-state index is 12.5. The number of amides is 2. The van der Waals surface area contributed by atoms with Crippen molar-refractivity contribution in [1.82, 2.24) is 9.80 Å².